The summed E-state index contributed by atoms with van der Waals surface area (Å²) in [7, 11) is 12.0. The van der Waals surface area contributed by atoms with Crippen LogP contribution in [0.25, 0.3) is 121 Å². The van der Waals surface area contributed by atoms with Crippen molar-refractivity contribution >= 4 is 75.3 Å². The number of aromatic nitrogens is 17. The fourth-order valence-corrected chi connectivity index (χ4v) is 14.2. The summed E-state index contributed by atoms with van der Waals surface area (Å²) in [5, 5.41) is 7.40. The van der Waals surface area contributed by atoms with E-state index in [1.807, 2.05) is 275 Å². The average molecular weight is 1680 g/mol. The number of hydrogen-bond acceptors (Lipinski definition) is 13. The van der Waals surface area contributed by atoms with Crippen molar-refractivity contribution in [3.05, 3.63) is 242 Å². The first-order valence-electron chi connectivity index (χ1n) is 44.7. The van der Waals surface area contributed by atoms with Crippen LogP contribution in [0.1, 0.15) is 245 Å². The number of rotatable bonds is 4. The lowest BCUT2D eigenvalue weighted by molar-refractivity contribution is -0.666. The van der Waals surface area contributed by atoms with E-state index in [4.69, 9.17) is 4.42 Å². The maximum Gasteiger partial charge on any atom is 0.292 e. The van der Waals surface area contributed by atoms with Gasteiger partial charge in [-0.15, -0.1) is 11.3 Å². The number of thiophene rings is 1. The molecule has 16 aromatic rings. The van der Waals surface area contributed by atoms with Crippen molar-refractivity contribution in [2.24, 2.45) is 42.3 Å². The van der Waals surface area contributed by atoms with Crippen LogP contribution in [0.3, 0.4) is 0 Å². The minimum atomic E-state index is 0.522. The predicted octanol–water partition coefficient (Wildman–Crippen LogP) is 26.3. The summed E-state index contributed by atoms with van der Waals surface area (Å²) in [5.74, 6) is 4.64. The van der Waals surface area contributed by atoms with Crippen LogP contribution in [0.4, 0.5) is 0 Å². The quantitative estimate of drug-likeness (QED) is 0.152. The summed E-state index contributed by atoms with van der Waals surface area (Å²) in [6.45, 7) is 67.1. The first-order chi connectivity index (χ1) is 59.5. The summed E-state index contributed by atoms with van der Waals surface area (Å²) < 4.78 is 20.7. The molecule has 19 heteroatoms. The van der Waals surface area contributed by atoms with Gasteiger partial charge in [-0.1, -0.05) is 312 Å². The maximum atomic E-state index is 5.91. The monoisotopic (exact) mass is 1680 g/mol. The third-order valence-corrected chi connectivity index (χ3v) is 19.3. The number of hydrogen-bond donors (Lipinski definition) is 0. The van der Waals surface area contributed by atoms with Crippen molar-refractivity contribution in [2.75, 3.05) is 0 Å². The molecule has 122 heavy (non-hydrogen) atoms. The van der Waals surface area contributed by atoms with Crippen LogP contribution in [0, 0.1) is 34.6 Å². The number of benzene rings is 7. The Hall–Kier alpha value is -11.4. The minimum Gasteiger partial charge on any atom is -0.456 e. The average Bonchev–Trinajstić information content (AvgIpc) is 0.893. The smallest absolute Gasteiger partial charge is 0.292 e. The highest BCUT2D eigenvalue weighted by Crippen LogP contribution is 2.46. The Bertz CT molecular complexity index is 5350. The van der Waals surface area contributed by atoms with Crippen molar-refractivity contribution in [3.63, 3.8) is 0 Å². The van der Waals surface area contributed by atoms with E-state index >= 15 is 0 Å². The van der Waals surface area contributed by atoms with E-state index in [-0.39, 0.29) is 0 Å². The maximum absolute atomic E-state index is 5.91. The van der Waals surface area contributed by atoms with Crippen molar-refractivity contribution in [1.29, 1.82) is 0 Å². The van der Waals surface area contributed by atoms with E-state index in [1.54, 1.807) is 50.5 Å². The van der Waals surface area contributed by atoms with Gasteiger partial charge in [-0.25, -0.2) is 32.8 Å². The number of furan rings is 1. The molecule has 2 atom stereocenters. The van der Waals surface area contributed by atoms with Crippen LogP contribution in [0.2, 0.25) is 0 Å². The lowest BCUT2D eigenvalue weighted by atomic mass is 9.74. The SMILES string of the molecule is CC.CC.CC.CC.CC.CC.CC.CC.CC.CC.CC.CC.CC.Cc1cc2c(cc1-c1ncnc[n+]1C)c1ccccc1n2C.Cc1cc2oc3ccccc3c2cc1-c1ncnc[n+]1C.Cc1cc2sc3ccccc3c2cc1-c1ncnc[n+]1C.Cc1cccc2c1-c1c(cnc[n+]1C)C(C)C2C.Cc1cncnc1-c1ncnc[n+]1C. The molecule has 0 fully saturated rings. The highest BCUT2D eigenvalue weighted by molar-refractivity contribution is 7.25. The van der Waals surface area contributed by atoms with E-state index in [0.29, 0.717) is 11.8 Å². The Morgan fingerprint density at radius 3 is 1.22 bits per heavy atom. The molecule has 0 saturated carbocycles. The number of fused-ring (bicyclic) bond motifs is 12. The fraction of sp³-hybridized carbons (Fsp3) is 0.398. The standard InChI is InChI=1S/C18H17N4.C17H14N3O.C17H14N3S.C16H19N2.C9H10N5.13C2H6/c1-12-8-17-15(13-6-4-5-7-16(13)22(17)3)9-14(12)18-20-10-19-11-21(18)2;2*1-11-7-16-14(12-5-3-4-6-15(12)21-16)8-13(11)17-19-9-18-10-20(17)2;1-10-6-5-7-13-11(2)12(3)14-8-17-9-18(4)16(14)15(10)13;1-7-3-10-4-12-8(7)9-13-5-11-6-14(9)2;13*1-2/h4-11H,1-3H3;2*3-10H,1-2H3;5-9,11-12H,1-4H3;3-6H,1-2H3;13*1-2H3/q5*+1;;;;;;;;;;;;;. The zero-order chi connectivity index (χ0) is 92.9. The lowest BCUT2D eigenvalue weighted by Gasteiger charge is -2.30. The van der Waals surface area contributed by atoms with Crippen molar-refractivity contribution < 1.29 is 27.3 Å². The zero-order valence-electron chi connectivity index (χ0n) is 82.1. The van der Waals surface area contributed by atoms with E-state index in [0.717, 1.165) is 78.7 Å². The highest BCUT2D eigenvalue weighted by Gasteiger charge is 2.33. The molecule has 0 bridgehead atoms. The van der Waals surface area contributed by atoms with E-state index in [1.165, 1.54) is 93.7 Å². The minimum absolute atomic E-state index is 0.522. The number of para-hydroxylation sites is 2. The summed E-state index contributed by atoms with van der Waals surface area (Å²) in [5.41, 5.74) is 20.1. The topological polar surface area (TPSA) is 179 Å². The molecular formula is C103H152N17OS+5. The van der Waals surface area contributed by atoms with Gasteiger partial charge in [0.15, 0.2) is 0 Å². The van der Waals surface area contributed by atoms with Gasteiger partial charge in [0, 0.05) is 77.1 Å². The summed E-state index contributed by atoms with van der Waals surface area (Å²) in [6, 6.07) is 45.0. The lowest BCUT2D eigenvalue weighted by Crippen LogP contribution is -2.35. The van der Waals surface area contributed by atoms with Crippen LogP contribution < -0.4 is 22.8 Å². The molecule has 18 nitrogen and oxygen atoms in total. The van der Waals surface area contributed by atoms with Crippen LogP contribution in [-0.4, -0.2) is 59.4 Å². The normalized spacial score (nSPS) is 10.9. The molecule has 2 unspecified atom stereocenters. The molecular weight excluding hydrogens is 1520 g/mol. The van der Waals surface area contributed by atoms with E-state index in [2.05, 4.69) is 229 Å². The van der Waals surface area contributed by atoms with E-state index in [9.17, 15) is 0 Å². The van der Waals surface area contributed by atoms with Crippen LogP contribution in [-0.2, 0) is 42.3 Å². The summed E-state index contributed by atoms with van der Waals surface area (Å²) >= 11 is 1.84. The fourth-order valence-electron chi connectivity index (χ4n) is 13.0. The number of aryl methyl sites for hydroxylation is 11. The largest absolute Gasteiger partial charge is 0.456 e. The second-order valence-electron chi connectivity index (χ2n) is 24.5. The Labute approximate surface area is 739 Å². The second-order valence-corrected chi connectivity index (χ2v) is 25.6. The Morgan fingerprint density at radius 2 is 0.721 bits per heavy atom. The van der Waals surface area contributed by atoms with Crippen LogP contribution in [0.5, 0.6) is 0 Å². The number of nitrogens with zero attached hydrogens (tertiary/aromatic N) is 17. The van der Waals surface area contributed by atoms with Gasteiger partial charge in [0.25, 0.3) is 54.9 Å². The molecule has 0 radical (unpaired) electrons. The zero-order valence-corrected chi connectivity index (χ0v) is 82.9. The summed E-state index contributed by atoms with van der Waals surface area (Å²) in [6.07, 6.45) is 20.5. The van der Waals surface area contributed by atoms with Crippen molar-refractivity contribution in [2.45, 2.75) is 240 Å². The van der Waals surface area contributed by atoms with Gasteiger partial charge in [-0.3, -0.25) is 0 Å². The van der Waals surface area contributed by atoms with Gasteiger partial charge >= 0.3 is 0 Å². The Balaban J connectivity index is 0.00000141. The van der Waals surface area contributed by atoms with Gasteiger partial charge in [0.2, 0.25) is 25.3 Å². The first-order valence-corrected chi connectivity index (χ1v) is 45.5. The molecule has 9 heterocycles. The second kappa shape index (κ2) is 60.9. The van der Waals surface area contributed by atoms with Gasteiger partial charge in [0.05, 0.1) is 51.9 Å². The Morgan fingerprint density at radius 1 is 0.311 bits per heavy atom. The van der Waals surface area contributed by atoms with Gasteiger partial charge in [-0.2, -0.15) is 0 Å². The predicted molar refractivity (Wildman–Crippen MR) is 523 cm³/mol. The van der Waals surface area contributed by atoms with Crippen molar-refractivity contribution in [1.82, 2.24) is 59.4 Å². The molecule has 656 valence electrons. The molecule has 7 aromatic carbocycles. The molecule has 0 aliphatic heterocycles. The van der Waals surface area contributed by atoms with E-state index < -0.39 is 0 Å². The third-order valence-electron chi connectivity index (χ3n) is 18.2. The van der Waals surface area contributed by atoms with Crippen molar-refractivity contribution in [3.8, 4) is 56.9 Å². The summed E-state index contributed by atoms with van der Waals surface area (Å²) in [4.78, 5) is 46.0. The van der Waals surface area contributed by atoms with Crippen LogP contribution in [0.15, 0.2) is 207 Å². The van der Waals surface area contributed by atoms with Gasteiger partial charge < -0.3 is 8.98 Å². The van der Waals surface area contributed by atoms with Crippen LogP contribution >= 0.6 is 11.3 Å². The molecule has 1 aliphatic carbocycles. The molecule has 17 rings (SSSR count). The molecule has 1 aliphatic rings. The molecule has 0 amide bonds. The Kier molecular flexibility index (Phi) is 55.2. The highest BCUT2D eigenvalue weighted by atomic mass is 32.1. The van der Waals surface area contributed by atoms with Gasteiger partial charge in [0.1, 0.15) is 35.1 Å². The first kappa shape index (κ1) is 111. The molecule has 0 saturated heterocycles. The third kappa shape index (κ3) is 27.8. The molecule has 0 N–H and O–H groups in total. The molecule has 9 aromatic heterocycles. The molecule has 0 spiro atoms. The van der Waals surface area contributed by atoms with Gasteiger partial charge in [-0.05, 0) is 134 Å².